The van der Waals surface area contributed by atoms with Gasteiger partial charge in [0.05, 0.1) is 30.8 Å². The number of ether oxygens (including phenoxy) is 1. The maximum atomic E-state index is 6.06. The minimum absolute atomic E-state index is 0.235. The van der Waals surface area contributed by atoms with E-state index in [-0.39, 0.29) is 12.1 Å². The number of hydrogen-bond donors (Lipinski definition) is 1. The molecule has 0 spiro atoms. The van der Waals surface area contributed by atoms with E-state index in [9.17, 15) is 0 Å². The molecule has 1 aliphatic rings. The van der Waals surface area contributed by atoms with Crippen LogP contribution in [0.25, 0.3) is 0 Å². The molecule has 2 rings (SSSR count). The quantitative estimate of drug-likeness (QED) is 0.875. The molecule has 3 unspecified atom stereocenters. The van der Waals surface area contributed by atoms with Gasteiger partial charge in [-0.25, -0.2) is 4.98 Å². The minimum Gasteiger partial charge on any atom is -0.376 e. The first-order chi connectivity index (χ1) is 9.21. The molecule has 5 nitrogen and oxygen atoms in total. The van der Waals surface area contributed by atoms with Crippen molar-refractivity contribution in [3.8, 4) is 0 Å². The average Bonchev–Trinajstić information content (AvgIpc) is 2.88. The zero-order valence-electron chi connectivity index (χ0n) is 12.2. The molecule has 1 saturated heterocycles. The van der Waals surface area contributed by atoms with E-state index in [1.807, 2.05) is 12.5 Å². The molecule has 0 radical (unpaired) electrons. The Kier molecular flexibility index (Phi) is 4.96. The maximum Gasteiger partial charge on any atom is 0.0948 e. The third-order valence-electron chi connectivity index (χ3n) is 4.03. The lowest BCUT2D eigenvalue weighted by Crippen LogP contribution is -2.51. The first-order valence-electron chi connectivity index (χ1n) is 7.28. The molecule has 0 bridgehead atoms. The fourth-order valence-corrected chi connectivity index (χ4v) is 2.90. The monoisotopic (exact) mass is 266 g/mol. The van der Waals surface area contributed by atoms with E-state index in [4.69, 9.17) is 10.5 Å². The van der Waals surface area contributed by atoms with Crippen LogP contribution in [0.4, 0.5) is 0 Å². The Morgan fingerprint density at radius 1 is 1.53 bits per heavy atom. The third-order valence-corrected chi connectivity index (χ3v) is 4.03. The number of aromatic nitrogens is 2. The van der Waals surface area contributed by atoms with Gasteiger partial charge in [-0.05, 0) is 20.3 Å². The van der Waals surface area contributed by atoms with Gasteiger partial charge in [-0.3, -0.25) is 4.90 Å². The number of nitrogens with zero attached hydrogens (tertiary/aromatic N) is 3. The molecule has 1 aromatic rings. The van der Waals surface area contributed by atoms with Crippen LogP contribution in [-0.4, -0.2) is 46.3 Å². The Labute approximate surface area is 115 Å². The fraction of sp³-hybridized carbons (Fsp3) is 0.786. The summed E-state index contributed by atoms with van der Waals surface area (Å²) in [7, 11) is 0. The van der Waals surface area contributed by atoms with E-state index in [2.05, 4.69) is 35.2 Å². The zero-order chi connectivity index (χ0) is 13.8. The highest BCUT2D eigenvalue weighted by atomic mass is 16.5. The highest BCUT2D eigenvalue weighted by Crippen LogP contribution is 2.26. The Morgan fingerprint density at radius 3 is 2.95 bits per heavy atom. The molecule has 1 aliphatic heterocycles. The summed E-state index contributed by atoms with van der Waals surface area (Å²) in [5.74, 6) is 0. The summed E-state index contributed by atoms with van der Waals surface area (Å²) >= 11 is 0. The second-order valence-corrected chi connectivity index (χ2v) is 5.26. The highest BCUT2D eigenvalue weighted by molar-refractivity contribution is 5.08. The van der Waals surface area contributed by atoms with Gasteiger partial charge < -0.3 is 15.0 Å². The smallest absolute Gasteiger partial charge is 0.0948 e. The van der Waals surface area contributed by atoms with Crippen LogP contribution < -0.4 is 5.73 Å². The Balaban J connectivity index is 2.24. The largest absolute Gasteiger partial charge is 0.376 e. The molecular weight excluding hydrogens is 240 g/mol. The van der Waals surface area contributed by atoms with Crippen molar-refractivity contribution in [3.63, 3.8) is 0 Å². The van der Waals surface area contributed by atoms with Gasteiger partial charge in [-0.15, -0.1) is 0 Å². The summed E-state index contributed by atoms with van der Waals surface area (Å²) in [6.07, 6.45) is 5.20. The third kappa shape index (κ3) is 2.99. The number of rotatable bonds is 5. The summed E-state index contributed by atoms with van der Waals surface area (Å²) in [4.78, 5) is 6.77. The van der Waals surface area contributed by atoms with Crippen molar-refractivity contribution in [3.05, 3.63) is 18.2 Å². The van der Waals surface area contributed by atoms with Crippen molar-refractivity contribution >= 4 is 0 Å². The van der Waals surface area contributed by atoms with Gasteiger partial charge in [0.25, 0.3) is 0 Å². The minimum atomic E-state index is 0.235. The van der Waals surface area contributed by atoms with Gasteiger partial charge in [0, 0.05) is 31.9 Å². The molecule has 19 heavy (non-hydrogen) atoms. The van der Waals surface area contributed by atoms with Gasteiger partial charge in [0.15, 0.2) is 0 Å². The van der Waals surface area contributed by atoms with Crippen molar-refractivity contribution in [2.45, 2.75) is 51.9 Å². The van der Waals surface area contributed by atoms with Gasteiger partial charge in [0.2, 0.25) is 0 Å². The lowest BCUT2D eigenvalue weighted by atomic mass is 10.0. The molecule has 1 aromatic heterocycles. The number of hydrogen-bond acceptors (Lipinski definition) is 4. The van der Waals surface area contributed by atoms with Crippen LogP contribution in [0.15, 0.2) is 12.5 Å². The molecule has 2 heterocycles. The SMILES string of the molecule is CCC1COC(C)CN1C(CN)c1cncn1CC. The van der Waals surface area contributed by atoms with Crippen LogP contribution in [0.1, 0.15) is 38.9 Å². The lowest BCUT2D eigenvalue weighted by molar-refractivity contribution is -0.0729. The number of morpholine rings is 1. The molecule has 0 amide bonds. The normalized spacial score (nSPS) is 26.5. The van der Waals surface area contributed by atoms with E-state index in [0.29, 0.717) is 12.6 Å². The van der Waals surface area contributed by atoms with Crippen LogP contribution in [-0.2, 0) is 11.3 Å². The molecule has 3 atom stereocenters. The van der Waals surface area contributed by atoms with E-state index >= 15 is 0 Å². The lowest BCUT2D eigenvalue weighted by Gasteiger charge is -2.42. The van der Waals surface area contributed by atoms with Crippen LogP contribution in [0.2, 0.25) is 0 Å². The van der Waals surface area contributed by atoms with Gasteiger partial charge in [0.1, 0.15) is 0 Å². The van der Waals surface area contributed by atoms with E-state index in [1.54, 1.807) is 0 Å². The Hall–Kier alpha value is -0.910. The van der Waals surface area contributed by atoms with Crippen LogP contribution >= 0.6 is 0 Å². The van der Waals surface area contributed by atoms with Crippen LogP contribution in [0.3, 0.4) is 0 Å². The maximum absolute atomic E-state index is 6.06. The van der Waals surface area contributed by atoms with Crippen LogP contribution in [0.5, 0.6) is 0 Å². The first kappa shape index (κ1) is 14.5. The molecule has 0 saturated carbocycles. The first-order valence-corrected chi connectivity index (χ1v) is 7.28. The second-order valence-electron chi connectivity index (χ2n) is 5.26. The van der Waals surface area contributed by atoms with Crippen molar-refractivity contribution < 1.29 is 4.74 Å². The van der Waals surface area contributed by atoms with Gasteiger partial charge in [-0.1, -0.05) is 6.92 Å². The number of imidazole rings is 1. The van der Waals surface area contributed by atoms with Crippen LogP contribution in [0, 0.1) is 0 Å². The van der Waals surface area contributed by atoms with Gasteiger partial charge in [-0.2, -0.15) is 0 Å². The summed E-state index contributed by atoms with van der Waals surface area (Å²) in [6, 6.07) is 0.684. The molecule has 108 valence electrons. The summed E-state index contributed by atoms with van der Waals surface area (Å²) < 4.78 is 7.96. The molecule has 0 aromatic carbocycles. The van der Waals surface area contributed by atoms with E-state index in [0.717, 1.165) is 26.1 Å². The van der Waals surface area contributed by atoms with Crippen molar-refractivity contribution in [2.24, 2.45) is 5.73 Å². The molecule has 2 N–H and O–H groups in total. The van der Waals surface area contributed by atoms with E-state index in [1.165, 1.54) is 5.69 Å². The predicted molar refractivity (Wildman–Crippen MR) is 75.9 cm³/mol. The highest BCUT2D eigenvalue weighted by Gasteiger charge is 2.32. The standard InChI is InChI=1S/C14H26N4O/c1-4-12-9-19-11(3)8-18(12)13(6-15)14-7-16-10-17(14)5-2/h7,10-13H,4-6,8-9,15H2,1-3H3. The number of aryl methyl sites for hydroxylation is 1. The fourth-order valence-electron chi connectivity index (χ4n) is 2.90. The number of nitrogens with two attached hydrogens (primary N) is 1. The summed E-state index contributed by atoms with van der Waals surface area (Å²) in [5.41, 5.74) is 7.28. The molecular formula is C14H26N4O. The van der Waals surface area contributed by atoms with Crippen molar-refractivity contribution in [1.82, 2.24) is 14.5 Å². The second kappa shape index (κ2) is 6.50. The topological polar surface area (TPSA) is 56.3 Å². The van der Waals surface area contributed by atoms with Crippen molar-refractivity contribution in [2.75, 3.05) is 19.7 Å². The molecule has 1 fully saturated rings. The Morgan fingerprint density at radius 2 is 2.32 bits per heavy atom. The molecule has 0 aliphatic carbocycles. The predicted octanol–water partition coefficient (Wildman–Crippen LogP) is 1.40. The average molecular weight is 266 g/mol. The summed E-state index contributed by atoms with van der Waals surface area (Å²) in [5, 5.41) is 0. The zero-order valence-corrected chi connectivity index (χ0v) is 12.2. The summed E-state index contributed by atoms with van der Waals surface area (Å²) in [6.45, 7) is 9.77. The molecule has 5 heteroatoms. The van der Waals surface area contributed by atoms with Gasteiger partial charge >= 0.3 is 0 Å². The Bertz CT molecular complexity index is 393. The van der Waals surface area contributed by atoms with Crippen molar-refractivity contribution in [1.29, 1.82) is 0 Å². The van der Waals surface area contributed by atoms with E-state index < -0.39 is 0 Å².